The van der Waals surface area contributed by atoms with E-state index in [1.807, 2.05) is 0 Å². The number of carbonyl (C=O) groups excluding carboxylic acids is 4. The predicted molar refractivity (Wildman–Crippen MR) is 73.7 cm³/mol. The molecule has 0 radical (unpaired) electrons. The molecule has 1 saturated heterocycles. The Balaban J connectivity index is 1.69. The second-order valence-electron chi connectivity index (χ2n) is 5.59. The third-order valence-electron chi connectivity index (χ3n) is 3.99. The van der Waals surface area contributed by atoms with Crippen LogP contribution in [0.25, 0.3) is 0 Å². The summed E-state index contributed by atoms with van der Waals surface area (Å²) in [6, 6.07) is 3.72. The van der Waals surface area contributed by atoms with Gasteiger partial charge in [0, 0.05) is 0 Å². The molecule has 3 amide bonds. The van der Waals surface area contributed by atoms with Gasteiger partial charge < -0.3 is 10.2 Å². The van der Waals surface area contributed by atoms with Crippen LogP contribution in [0.4, 0.5) is 13.2 Å². The zero-order valence-corrected chi connectivity index (χ0v) is 12.5. The lowest BCUT2D eigenvalue weighted by Gasteiger charge is -2.29. The Kier molecular flexibility index (Phi) is 3.97. The van der Waals surface area contributed by atoms with E-state index in [0.29, 0.717) is 0 Å². The van der Waals surface area contributed by atoms with Gasteiger partial charge in [-0.15, -0.1) is 0 Å². The van der Waals surface area contributed by atoms with Gasteiger partial charge in [0.15, 0.2) is 0 Å². The second kappa shape index (κ2) is 5.87. The fourth-order valence-electron chi connectivity index (χ4n) is 2.68. The number of nitrogens with zero attached hydrogens (tertiary/aromatic N) is 1. The van der Waals surface area contributed by atoms with E-state index in [4.69, 9.17) is 4.84 Å². The first-order valence-corrected chi connectivity index (χ1v) is 7.27. The maximum absolute atomic E-state index is 12.6. The number of amides is 3. The van der Waals surface area contributed by atoms with Crippen LogP contribution >= 0.6 is 0 Å². The van der Waals surface area contributed by atoms with Gasteiger partial charge in [-0.1, -0.05) is 17.2 Å². The minimum Gasteiger partial charge on any atom is -0.344 e. The highest BCUT2D eigenvalue weighted by Gasteiger charge is 2.47. The third kappa shape index (κ3) is 2.94. The average Bonchev–Trinajstić information content (AvgIpc) is 2.79. The van der Waals surface area contributed by atoms with E-state index in [2.05, 4.69) is 0 Å². The van der Waals surface area contributed by atoms with Crippen LogP contribution in [-0.4, -0.2) is 41.0 Å². The summed E-state index contributed by atoms with van der Waals surface area (Å²) in [5.41, 5.74) is 0.0658. The number of halogens is 3. The summed E-state index contributed by atoms with van der Waals surface area (Å²) in [4.78, 5) is 52.6. The van der Waals surface area contributed by atoms with Gasteiger partial charge in [0.1, 0.15) is 12.0 Å². The van der Waals surface area contributed by atoms with E-state index in [1.54, 1.807) is 5.32 Å². The number of carbonyl (C=O) groups is 4. The highest BCUT2D eigenvalue weighted by Crippen LogP contribution is 2.30. The summed E-state index contributed by atoms with van der Waals surface area (Å²) >= 11 is 0. The molecule has 10 heteroatoms. The van der Waals surface area contributed by atoms with E-state index in [-0.39, 0.29) is 16.2 Å². The lowest BCUT2D eigenvalue weighted by atomic mass is 9.94. The Hall–Kier alpha value is -2.91. The van der Waals surface area contributed by atoms with Crippen molar-refractivity contribution in [2.75, 3.05) is 0 Å². The molecular weight excluding hydrogens is 345 g/mol. The largest absolute Gasteiger partial charge is 0.408 e. The van der Waals surface area contributed by atoms with E-state index in [1.165, 1.54) is 24.3 Å². The molecule has 7 nitrogen and oxygen atoms in total. The first kappa shape index (κ1) is 16.9. The van der Waals surface area contributed by atoms with Crippen LogP contribution in [0, 0.1) is 5.92 Å². The molecule has 0 spiro atoms. The lowest BCUT2D eigenvalue weighted by molar-refractivity contribution is -0.184. The van der Waals surface area contributed by atoms with Crippen molar-refractivity contribution in [1.29, 1.82) is 0 Å². The number of benzene rings is 1. The molecule has 0 aromatic heterocycles. The zero-order valence-electron chi connectivity index (χ0n) is 12.5. The highest BCUT2D eigenvalue weighted by molar-refractivity contribution is 6.21. The molecule has 132 valence electrons. The smallest absolute Gasteiger partial charge is 0.344 e. The van der Waals surface area contributed by atoms with Crippen molar-refractivity contribution in [2.45, 2.75) is 25.1 Å². The molecule has 2 aliphatic rings. The normalized spacial score (nSPS) is 23.3. The molecule has 1 N–H and O–H groups in total. The first-order chi connectivity index (χ1) is 11.7. The molecule has 1 fully saturated rings. The Morgan fingerprint density at radius 1 is 1.08 bits per heavy atom. The Morgan fingerprint density at radius 3 is 2.12 bits per heavy atom. The third-order valence-corrected chi connectivity index (χ3v) is 3.99. The summed E-state index contributed by atoms with van der Waals surface area (Å²) in [6.45, 7) is 0. The summed E-state index contributed by atoms with van der Waals surface area (Å²) < 4.78 is 37.8. The maximum atomic E-state index is 12.6. The van der Waals surface area contributed by atoms with Crippen LogP contribution in [0.2, 0.25) is 0 Å². The molecule has 3 rings (SSSR count). The van der Waals surface area contributed by atoms with Gasteiger partial charge >= 0.3 is 12.1 Å². The summed E-state index contributed by atoms with van der Waals surface area (Å²) in [5.74, 6) is -5.69. The molecule has 25 heavy (non-hydrogen) atoms. The Labute approximate surface area is 138 Å². The van der Waals surface area contributed by atoms with E-state index in [0.717, 1.165) is 0 Å². The number of hydroxylamine groups is 2. The van der Waals surface area contributed by atoms with Gasteiger partial charge in [-0.25, -0.2) is 4.79 Å². The second-order valence-corrected chi connectivity index (χ2v) is 5.59. The summed E-state index contributed by atoms with van der Waals surface area (Å²) in [5, 5.41) is 1.92. The molecule has 1 aromatic carbocycles. The number of piperidine rings is 1. The average molecular weight is 356 g/mol. The minimum atomic E-state index is -4.62. The molecule has 2 atom stereocenters. The van der Waals surface area contributed by atoms with Gasteiger partial charge in [0.05, 0.1) is 11.1 Å². The van der Waals surface area contributed by atoms with Gasteiger partial charge in [-0.05, 0) is 25.0 Å². The summed E-state index contributed by atoms with van der Waals surface area (Å²) in [7, 11) is 0. The standard InChI is InChI=1S/C15H11F3N2O5/c16-15(17,18)10-6-5-9(11(21)19-10)14(24)25-20-12(22)7-3-1-2-4-8(7)13(20)23/h1-4,9-10H,5-6H2,(H,19,21). The van der Waals surface area contributed by atoms with Crippen LogP contribution in [0.15, 0.2) is 24.3 Å². The fraction of sp³-hybridized carbons (Fsp3) is 0.333. The van der Waals surface area contributed by atoms with Crippen molar-refractivity contribution in [3.8, 4) is 0 Å². The van der Waals surface area contributed by atoms with Crippen LogP contribution in [0.1, 0.15) is 33.6 Å². The van der Waals surface area contributed by atoms with E-state index >= 15 is 0 Å². The molecular formula is C15H11F3N2O5. The van der Waals surface area contributed by atoms with Gasteiger partial charge in [0.25, 0.3) is 11.8 Å². The quantitative estimate of drug-likeness (QED) is 0.635. The summed E-state index contributed by atoms with van der Waals surface area (Å²) in [6.07, 6.45) is -5.53. The van der Waals surface area contributed by atoms with Crippen LogP contribution in [-0.2, 0) is 14.4 Å². The fourth-order valence-corrected chi connectivity index (χ4v) is 2.68. The maximum Gasteiger partial charge on any atom is 0.408 e. The molecule has 2 heterocycles. The number of rotatable bonds is 2. The van der Waals surface area contributed by atoms with Gasteiger partial charge in [-0.2, -0.15) is 13.2 Å². The number of hydrogen-bond donors (Lipinski definition) is 1. The number of nitrogens with one attached hydrogen (secondary N) is 1. The number of hydrogen-bond acceptors (Lipinski definition) is 5. The monoisotopic (exact) mass is 356 g/mol. The van der Waals surface area contributed by atoms with Crippen LogP contribution < -0.4 is 5.32 Å². The molecule has 1 aromatic rings. The SMILES string of the molecule is O=C1NC(C(F)(F)F)CCC1C(=O)ON1C(=O)c2ccccc2C1=O. The number of fused-ring (bicyclic) bond motifs is 1. The van der Waals surface area contributed by atoms with Gasteiger partial charge in [-0.3, -0.25) is 14.4 Å². The Bertz CT molecular complexity index is 742. The molecule has 2 unspecified atom stereocenters. The van der Waals surface area contributed by atoms with Crippen molar-refractivity contribution in [2.24, 2.45) is 5.92 Å². The predicted octanol–water partition coefficient (Wildman–Crippen LogP) is 1.20. The Morgan fingerprint density at radius 2 is 1.64 bits per heavy atom. The number of alkyl halides is 3. The van der Waals surface area contributed by atoms with Crippen molar-refractivity contribution in [1.82, 2.24) is 10.4 Å². The zero-order chi connectivity index (χ0) is 18.4. The van der Waals surface area contributed by atoms with Gasteiger partial charge in [0.2, 0.25) is 5.91 Å². The van der Waals surface area contributed by atoms with E-state index in [9.17, 15) is 32.3 Å². The molecule has 0 saturated carbocycles. The van der Waals surface area contributed by atoms with Crippen molar-refractivity contribution < 1.29 is 37.2 Å². The topological polar surface area (TPSA) is 92.8 Å². The first-order valence-electron chi connectivity index (χ1n) is 7.27. The minimum absolute atomic E-state index is 0.0329. The van der Waals surface area contributed by atoms with Crippen LogP contribution in [0.3, 0.4) is 0 Å². The van der Waals surface area contributed by atoms with Crippen molar-refractivity contribution >= 4 is 23.7 Å². The lowest BCUT2D eigenvalue weighted by Crippen LogP contribution is -2.53. The molecule has 0 bridgehead atoms. The van der Waals surface area contributed by atoms with Crippen molar-refractivity contribution in [3.63, 3.8) is 0 Å². The number of imide groups is 1. The highest BCUT2D eigenvalue weighted by atomic mass is 19.4. The van der Waals surface area contributed by atoms with Crippen molar-refractivity contribution in [3.05, 3.63) is 35.4 Å². The molecule has 0 aliphatic carbocycles. The van der Waals surface area contributed by atoms with E-state index < -0.39 is 54.7 Å². The van der Waals surface area contributed by atoms with Crippen LogP contribution in [0.5, 0.6) is 0 Å². The molecule has 2 aliphatic heterocycles.